The number of carbonyl (C=O) groups is 1. The molecule has 0 aromatic rings. The Balaban J connectivity index is 4.83. The molecule has 0 aliphatic rings. The Bertz CT molecular complexity index is 354. The van der Waals surface area contributed by atoms with Crippen LogP contribution in [0.2, 0.25) is 18.1 Å². The van der Waals surface area contributed by atoms with Gasteiger partial charge in [0.05, 0.1) is 25.4 Å². The Morgan fingerprint density at radius 2 is 1.67 bits per heavy atom. The summed E-state index contributed by atoms with van der Waals surface area (Å²) in [6, 6.07) is 0. The van der Waals surface area contributed by atoms with E-state index < -0.39 is 8.32 Å². The predicted octanol–water partition coefficient (Wildman–Crippen LogP) is 3.87. The van der Waals surface area contributed by atoms with Gasteiger partial charge in [-0.2, -0.15) is 0 Å². The maximum absolute atomic E-state index is 11.4. The molecule has 0 saturated carbocycles. The standard InChI is InChI=1S/C18H38O5Si/c1-14(12-19)17(23-24(8,9)18(4,5)6)15(2)16(3)22-13-21-11-10-20-7/h12,14-17H,10-11,13H2,1-9H3/t14-,15-,16-,17+/m0/s1. The van der Waals surface area contributed by atoms with Gasteiger partial charge in [-0.3, -0.25) is 0 Å². The molecule has 6 heteroatoms. The molecule has 0 amide bonds. The summed E-state index contributed by atoms with van der Waals surface area (Å²) in [5.74, 6) is -0.0834. The second kappa shape index (κ2) is 10.7. The van der Waals surface area contributed by atoms with Crippen LogP contribution in [-0.4, -0.2) is 53.9 Å². The highest BCUT2D eigenvalue weighted by Gasteiger charge is 2.42. The quantitative estimate of drug-likeness (QED) is 0.228. The fourth-order valence-electron chi connectivity index (χ4n) is 2.06. The molecule has 24 heavy (non-hydrogen) atoms. The van der Waals surface area contributed by atoms with Crippen molar-refractivity contribution in [1.29, 1.82) is 0 Å². The molecule has 0 bridgehead atoms. The molecule has 0 aromatic carbocycles. The van der Waals surface area contributed by atoms with E-state index in [1.807, 2.05) is 13.8 Å². The van der Waals surface area contributed by atoms with Crippen LogP contribution in [0.25, 0.3) is 0 Å². The van der Waals surface area contributed by atoms with Gasteiger partial charge in [-0.1, -0.05) is 34.6 Å². The molecular weight excluding hydrogens is 324 g/mol. The molecule has 5 nitrogen and oxygen atoms in total. The minimum Gasteiger partial charge on any atom is -0.413 e. The molecule has 0 aliphatic carbocycles. The molecule has 0 spiro atoms. The maximum atomic E-state index is 11.4. The summed E-state index contributed by atoms with van der Waals surface area (Å²) in [6.45, 7) is 18.3. The average molecular weight is 363 g/mol. The van der Waals surface area contributed by atoms with Gasteiger partial charge in [0, 0.05) is 18.9 Å². The lowest BCUT2D eigenvalue weighted by atomic mass is 9.91. The largest absolute Gasteiger partial charge is 0.413 e. The fourth-order valence-corrected chi connectivity index (χ4v) is 3.53. The summed E-state index contributed by atoms with van der Waals surface area (Å²) >= 11 is 0. The van der Waals surface area contributed by atoms with Crippen molar-refractivity contribution in [3.8, 4) is 0 Å². The van der Waals surface area contributed by atoms with Crippen LogP contribution in [0, 0.1) is 11.8 Å². The van der Waals surface area contributed by atoms with Crippen LogP contribution < -0.4 is 0 Å². The van der Waals surface area contributed by atoms with Crippen molar-refractivity contribution in [1.82, 2.24) is 0 Å². The Morgan fingerprint density at radius 3 is 2.12 bits per heavy atom. The first-order valence-electron chi connectivity index (χ1n) is 8.79. The number of aldehydes is 1. The molecule has 0 saturated heterocycles. The molecule has 144 valence electrons. The van der Waals surface area contributed by atoms with Crippen LogP contribution in [0.4, 0.5) is 0 Å². The minimum atomic E-state index is -1.97. The van der Waals surface area contributed by atoms with Crippen LogP contribution in [-0.2, 0) is 23.4 Å². The van der Waals surface area contributed by atoms with Crippen molar-refractivity contribution in [3.63, 3.8) is 0 Å². The minimum absolute atomic E-state index is 0.0651. The average Bonchev–Trinajstić information content (AvgIpc) is 2.49. The molecule has 0 fully saturated rings. The topological polar surface area (TPSA) is 54.0 Å². The van der Waals surface area contributed by atoms with Crippen molar-refractivity contribution in [2.45, 2.75) is 71.9 Å². The normalized spacial score (nSPS) is 18.0. The highest BCUT2D eigenvalue weighted by molar-refractivity contribution is 6.74. The molecule has 0 aromatic heterocycles. The van der Waals surface area contributed by atoms with E-state index in [-0.39, 0.29) is 35.9 Å². The van der Waals surface area contributed by atoms with Gasteiger partial charge in [-0.15, -0.1) is 0 Å². The molecule has 4 atom stereocenters. The monoisotopic (exact) mass is 362 g/mol. The Labute approximate surface area is 149 Å². The molecule has 0 aliphatic heterocycles. The third kappa shape index (κ3) is 7.74. The lowest BCUT2D eigenvalue weighted by Gasteiger charge is -2.43. The molecule has 0 unspecified atom stereocenters. The third-order valence-corrected chi connectivity index (χ3v) is 9.55. The number of carbonyl (C=O) groups excluding carboxylic acids is 1. The molecule has 0 N–H and O–H groups in total. The number of hydrogen-bond acceptors (Lipinski definition) is 5. The van der Waals surface area contributed by atoms with Crippen LogP contribution in [0.15, 0.2) is 0 Å². The van der Waals surface area contributed by atoms with Gasteiger partial charge in [-0.05, 0) is 25.1 Å². The van der Waals surface area contributed by atoms with Gasteiger partial charge < -0.3 is 23.4 Å². The number of ether oxygens (including phenoxy) is 3. The summed E-state index contributed by atoms with van der Waals surface area (Å²) in [5, 5.41) is 0.0981. The van der Waals surface area contributed by atoms with Crippen LogP contribution in [0.5, 0.6) is 0 Å². The van der Waals surface area contributed by atoms with E-state index in [2.05, 4.69) is 40.8 Å². The van der Waals surface area contributed by atoms with Gasteiger partial charge in [0.1, 0.15) is 13.1 Å². The maximum Gasteiger partial charge on any atom is 0.192 e. The Hall–Kier alpha value is -0.273. The summed E-state index contributed by atoms with van der Waals surface area (Å²) in [5.41, 5.74) is 0. The van der Waals surface area contributed by atoms with Crippen molar-refractivity contribution in [2.24, 2.45) is 11.8 Å². The van der Waals surface area contributed by atoms with E-state index >= 15 is 0 Å². The fraction of sp³-hybridized carbons (Fsp3) is 0.944. The zero-order chi connectivity index (χ0) is 19.0. The van der Waals surface area contributed by atoms with Crippen molar-refractivity contribution in [3.05, 3.63) is 0 Å². The zero-order valence-electron chi connectivity index (χ0n) is 17.0. The summed E-state index contributed by atoms with van der Waals surface area (Å²) in [6.07, 6.45) is 0.762. The van der Waals surface area contributed by atoms with Gasteiger partial charge >= 0.3 is 0 Å². The first kappa shape index (κ1) is 23.7. The second-order valence-electron chi connectivity index (χ2n) is 8.09. The van der Waals surface area contributed by atoms with Crippen molar-refractivity contribution in [2.75, 3.05) is 27.1 Å². The van der Waals surface area contributed by atoms with Crippen LogP contribution in [0.3, 0.4) is 0 Å². The van der Waals surface area contributed by atoms with E-state index in [4.69, 9.17) is 18.6 Å². The number of rotatable bonds is 12. The first-order chi connectivity index (χ1) is 11.0. The van der Waals surface area contributed by atoms with E-state index in [0.717, 1.165) is 6.29 Å². The Morgan fingerprint density at radius 1 is 1.08 bits per heavy atom. The van der Waals surface area contributed by atoms with Crippen molar-refractivity contribution >= 4 is 14.6 Å². The molecule has 0 rings (SSSR count). The summed E-state index contributed by atoms with van der Waals surface area (Å²) in [7, 11) is -0.329. The number of methoxy groups -OCH3 is 1. The number of hydrogen-bond donors (Lipinski definition) is 0. The smallest absolute Gasteiger partial charge is 0.192 e. The van der Waals surface area contributed by atoms with E-state index in [1.54, 1.807) is 7.11 Å². The van der Waals surface area contributed by atoms with Crippen LogP contribution in [0.1, 0.15) is 41.5 Å². The second-order valence-corrected chi connectivity index (χ2v) is 12.8. The van der Waals surface area contributed by atoms with E-state index in [9.17, 15) is 4.79 Å². The Kier molecular flexibility index (Phi) is 10.5. The highest BCUT2D eigenvalue weighted by Crippen LogP contribution is 2.39. The first-order valence-corrected chi connectivity index (χ1v) is 11.7. The predicted molar refractivity (Wildman–Crippen MR) is 99.7 cm³/mol. The third-order valence-electron chi connectivity index (χ3n) is 5.07. The molecular formula is C18H38O5Si. The van der Waals surface area contributed by atoms with Gasteiger partial charge in [-0.25, -0.2) is 0 Å². The molecule has 0 heterocycles. The summed E-state index contributed by atoms with van der Waals surface area (Å²) in [4.78, 5) is 11.4. The van der Waals surface area contributed by atoms with E-state index in [1.165, 1.54) is 0 Å². The van der Waals surface area contributed by atoms with Crippen LogP contribution >= 0.6 is 0 Å². The summed E-state index contributed by atoms with van der Waals surface area (Å²) < 4.78 is 22.6. The van der Waals surface area contributed by atoms with Crippen molar-refractivity contribution < 1.29 is 23.4 Å². The van der Waals surface area contributed by atoms with E-state index in [0.29, 0.717) is 13.2 Å². The van der Waals surface area contributed by atoms with Gasteiger partial charge in [0.15, 0.2) is 8.32 Å². The molecule has 0 radical (unpaired) electrons. The highest BCUT2D eigenvalue weighted by atomic mass is 28.4. The lowest BCUT2D eigenvalue weighted by Crippen LogP contribution is -2.49. The SMILES string of the molecule is COCCOCO[C@@H](C)[C@H](C)[C@H](O[Si](C)(C)C(C)(C)C)[C@@H](C)C=O. The van der Waals surface area contributed by atoms with Gasteiger partial charge in [0.25, 0.3) is 0 Å². The lowest BCUT2D eigenvalue weighted by molar-refractivity contribution is -0.127. The zero-order valence-corrected chi connectivity index (χ0v) is 18.0. The van der Waals surface area contributed by atoms with Gasteiger partial charge in [0.2, 0.25) is 0 Å².